The zero-order chi connectivity index (χ0) is 15.4. The minimum absolute atomic E-state index is 0.127. The van der Waals surface area contributed by atoms with Crippen LogP contribution in [0.5, 0.6) is 5.75 Å². The summed E-state index contributed by atoms with van der Waals surface area (Å²) in [4.78, 5) is 0. The van der Waals surface area contributed by atoms with E-state index in [1.807, 2.05) is 12.1 Å². The van der Waals surface area contributed by atoms with Crippen LogP contribution < -0.4 is 10.1 Å². The van der Waals surface area contributed by atoms with E-state index in [-0.39, 0.29) is 6.04 Å². The van der Waals surface area contributed by atoms with E-state index in [1.54, 1.807) is 7.11 Å². The second-order valence-corrected chi connectivity index (χ2v) is 6.15. The Morgan fingerprint density at radius 2 is 1.86 bits per heavy atom. The minimum atomic E-state index is 0.127. The average Bonchev–Trinajstić information content (AvgIpc) is 2.47. The van der Waals surface area contributed by atoms with Gasteiger partial charge >= 0.3 is 0 Å². The Bertz CT molecular complexity index is 625. The summed E-state index contributed by atoms with van der Waals surface area (Å²) in [6.45, 7) is 7.31. The van der Waals surface area contributed by atoms with Crippen LogP contribution in [-0.4, -0.2) is 13.7 Å². The van der Waals surface area contributed by atoms with Gasteiger partial charge in [-0.1, -0.05) is 46.6 Å². The molecule has 1 atom stereocenters. The van der Waals surface area contributed by atoms with Gasteiger partial charge in [0.2, 0.25) is 0 Å². The van der Waals surface area contributed by atoms with Gasteiger partial charge in [-0.05, 0) is 49.7 Å². The fraction of sp³-hybridized carbons (Fsp3) is 0.333. The summed E-state index contributed by atoms with van der Waals surface area (Å²) in [5, 5.41) is 3.58. The van der Waals surface area contributed by atoms with Gasteiger partial charge in [0.15, 0.2) is 0 Å². The van der Waals surface area contributed by atoms with Crippen LogP contribution in [0.2, 0.25) is 0 Å². The second kappa shape index (κ2) is 7.10. The molecule has 1 N–H and O–H groups in total. The first-order valence-electron chi connectivity index (χ1n) is 7.20. The fourth-order valence-corrected chi connectivity index (χ4v) is 2.97. The number of rotatable bonds is 5. The molecule has 0 saturated carbocycles. The Morgan fingerprint density at radius 1 is 1.10 bits per heavy atom. The zero-order valence-electron chi connectivity index (χ0n) is 13.0. The number of hydrogen-bond donors (Lipinski definition) is 1. The first kappa shape index (κ1) is 16.1. The van der Waals surface area contributed by atoms with Gasteiger partial charge in [0, 0.05) is 10.0 Å². The summed E-state index contributed by atoms with van der Waals surface area (Å²) in [5.41, 5.74) is 5.01. The van der Waals surface area contributed by atoms with Crippen molar-refractivity contribution in [2.45, 2.75) is 26.8 Å². The minimum Gasteiger partial charge on any atom is -0.496 e. The maximum Gasteiger partial charge on any atom is 0.124 e. The van der Waals surface area contributed by atoms with Crippen molar-refractivity contribution in [2.75, 3.05) is 13.7 Å². The standard InChI is InChI=1S/C18H22BrNO/c1-5-20-18(15-10-12(2)6-7-13(15)3)16-11-14(19)8-9-17(16)21-4/h6-11,18,20H,5H2,1-4H3. The Balaban J connectivity index is 2.58. The lowest BCUT2D eigenvalue weighted by Crippen LogP contribution is -2.23. The molecule has 2 rings (SSSR count). The third kappa shape index (κ3) is 3.66. The number of hydrogen-bond acceptors (Lipinski definition) is 2. The van der Waals surface area contributed by atoms with Crippen LogP contribution >= 0.6 is 15.9 Å². The lowest BCUT2D eigenvalue weighted by Gasteiger charge is -2.23. The van der Waals surface area contributed by atoms with E-state index >= 15 is 0 Å². The molecule has 0 aromatic heterocycles. The molecule has 0 heterocycles. The summed E-state index contributed by atoms with van der Waals surface area (Å²) in [6.07, 6.45) is 0. The summed E-state index contributed by atoms with van der Waals surface area (Å²) < 4.78 is 6.62. The van der Waals surface area contributed by atoms with Gasteiger partial charge in [-0.25, -0.2) is 0 Å². The van der Waals surface area contributed by atoms with E-state index in [4.69, 9.17) is 4.74 Å². The molecule has 0 fully saturated rings. The average molecular weight is 348 g/mol. The number of nitrogens with one attached hydrogen (secondary N) is 1. The molecule has 0 radical (unpaired) electrons. The zero-order valence-corrected chi connectivity index (χ0v) is 14.6. The van der Waals surface area contributed by atoms with Crippen LogP contribution in [0.15, 0.2) is 40.9 Å². The predicted octanol–water partition coefficient (Wildman–Crippen LogP) is 4.77. The van der Waals surface area contributed by atoms with Gasteiger partial charge in [-0.3, -0.25) is 0 Å². The highest BCUT2D eigenvalue weighted by Gasteiger charge is 2.19. The molecule has 1 unspecified atom stereocenters. The monoisotopic (exact) mass is 347 g/mol. The third-order valence-corrected chi connectivity index (χ3v) is 4.15. The summed E-state index contributed by atoms with van der Waals surface area (Å²) in [7, 11) is 1.72. The Hall–Kier alpha value is -1.32. The Kier molecular flexibility index (Phi) is 5.43. The second-order valence-electron chi connectivity index (χ2n) is 5.24. The highest BCUT2D eigenvalue weighted by atomic mass is 79.9. The van der Waals surface area contributed by atoms with E-state index in [1.165, 1.54) is 16.7 Å². The molecule has 112 valence electrons. The highest BCUT2D eigenvalue weighted by Crippen LogP contribution is 2.34. The quantitative estimate of drug-likeness (QED) is 0.840. The topological polar surface area (TPSA) is 21.3 Å². The van der Waals surface area contributed by atoms with Crippen molar-refractivity contribution in [2.24, 2.45) is 0 Å². The number of halogens is 1. The summed E-state index contributed by atoms with van der Waals surface area (Å²) >= 11 is 3.57. The number of aryl methyl sites for hydroxylation is 2. The molecule has 0 saturated heterocycles. The van der Waals surface area contributed by atoms with Crippen LogP contribution in [0, 0.1) is 13.8 Å². The van der Waals surface area contributed by atoms with Gasteiger partial charge in [-0.15, -0.1) is 0 Å². The molecule has 2 aromatic rings. The molecule has 2 aromatic carbocycles. The smallest absolute Gasteiger partial charge is 0.124 e. The van der Waals surface area contributed by atoms with Crippen LogP contribution in [0.3, 0.4) is 0 Å². The van der Waals surface area contributed by atoms with Crippen molar-refractivity contribution < 1.29 is 4.74 Å². The normalized spacial score (nSPS) is 12.2. The van der Waals surface area contributed by atoms with Gasteiger partial charge in [0.1, 0.15) is 5.75 Å². The molecule has 21 heavy (non-hydrogen) atoms. The molecule has 3 heteroatoms. The lowest BCUT2D eigenvalue weighted by molar-refractivity contribution is 0.404. The molecule has 2 nitrogen and oxygen atoms in total. The van der Waals surface area contributed by atoms with Gasteiger partial charge in [0.05, 0.1) is 13.2 Å². The Morgan fingerprint density at radius 3 is 2.52 bits per heavy atom. The summed E-state index contributed by atoms with van der Waals surface area (Å²) in [5.74, 6) is 0.907. The first-order chi connectivity index (χ1) is 10.1. The van der Waals surface area contributed by atoms with Crippen molar-refractivity contribution in [3.05, 3.63) is 63.1 Å². The van der Waals surface area contributed by atoms with Crippen molar-refractivity contribution in [3.8, 4) is 5.75 Å². The fourth-order valence-electron chi connectivity index (χ4n) is 2.59. The highest BCUT2D eigenvalue weighted by molar-refractivity contribution is 9.10. The van der Waals surface area contributed by atoms with Crippen molar-refractivity contribution >= 4 is 15.9 Å². The van der Waals surface area contributed by atoms with E-state index in [2.05, 4.69) is 66.3 Å². The molecule has 0 bridgehead atoms. The SMILES string of the molecule is CCNC(c1cc(C)ccc1C)c1cc(Br)ccc1OC. The molecular weight excluding hydrogens is 326 g/mol. The van der Waals surface area contributed by atoms with Crippen LogP contribution in [0.4, 0.5) is 0 Å². The van der Waals surface area contributed by atoms with E-state index < -0.39 is 0 Å². The van der Waals surface area contributed by atoms with E-state index in [0.29, 0.717) is 0 Å². The number of benzene rings is 2. The van der Waals surface area contributed by atoms with Crippen molar-refractivity contribution in [1.29, 1.82) is 0 Å². The third-order valence-electron chi connectivity index (χ3n) is 3.66. The first-order valence-corrected chi connectivity index (χ1v) is 8.00. The molecule has 0 amide bonds. The van der Waals surface area contributed by atoms with Crippen LogP contribution in [0.25, 0.3) is 0 Å². The van der Waals surface area contributed by atoms with Gasteiger partial charge in [-0.2, -0.15) is 0 Å². The number of ether oxygens (including phenoxy) is 1. The molecule has 0 aliphatic rings. The molecular formula is C18H22BrNO. The lowest BCUT2D eigenvalue weighted by atomic mass is 9.93. The van der Waals surface area contributed by atoms with E-state index in [0.717, 1.165) is 22.3 Å². The maximum absolute atomic E-state index is 5.56. The van der Waals surface area contributed by atoms with Gasteiger partial charge in [0.25, 0.3) is 0 Å². The van der Waals surface area contributed by atoms with Crippen LogP contribution in [0.1, 0.15) is 35.2 Å². The molecule has 0 spiro atoms. The maximum atomic E-state index is 5.56. The predicted molar refractivity (Wildman–Crippen MR) is 92.1 cm³/mol. The van der Waals surface area contributed by atoms with Crippen molar-refractivity contribution in [3.63, 3.8) is 0 Å². The number of methoxy groups -OCH3 is 1. The van der Waals surface area contributed by atoms with Crippen LogP contribution in [-0.2, 0) is 0 Å². The van der Waals surface area contributed by atoms with E-state index in [9.17, 15) is 0 Å². The Labute approximate surface area is 135 Å². The van der Waals surface area contributed by atoms with Crippen molar-refractivity contribution in [1.82, 2.24) is 5.32 Å². The molecule has 0 aliphatic carbocycles. The largest absolute Gasteiger partial charge is 0.496 e. The molecule has 0 aliphatic heterocycles. The summed E-state index contributed by atoms with van der Waals surface area (Å²) in [6, 6.07) is 12.9. The van der Waals surface area contributed by atoms with Gasteiger partial charge < -0.3 is 10.1 Å².